The molecular formula is C91H109IN12O9. The summed E-state index contributed by atoms with van der Waals surface area (Å²) in [5.74, 6) is 2.20. The van der Waals surface area contributed by atoms with Gasteiger partial charge in [0, 0.05) is 61.2 Å². The molecule has 4 unspecified atom stereocenters. The number of halogens is 1. The van der Waals surface area contributed by atoms with E-state index >= 15 is 0 Å². The van der Waals surface area contributed by atoms with Gasteiger partial charge >= 0.3 is 24.1 Å². The number of carbonyl (C=O) groups excluding carboxylic acids is 3. The van der Waals surface area contributed by atoms with Crippen molar-refractivity contribution in [2.45, 2.75) is 181 Å². The third-order valence-corrected chi connectivity index (χ3v) is 20.9. The molecule has 22 heteroatoms. The highest BCUT2D eigenvalue weighted by Crippen LogP contribution is 2.40. The number of hydrogen-bond donors (Lipinski definition) is 8. The highest BCUT2D eigenvalue weighted by atomic mass is 127. The fraction of sp³-hybridized carbons (Fsp3) is 0.385. The number of carboxylic acids is 2. The summed E-state index contributed by atoms with van der Waals surface area (Å²) in [6, 6.07) is 56.9. The molecule has 2 saturated carbocycles. The number of aryl methyl sites for hydroxylation is 4. The zero-order chi connectivity index (χ0) is 80.8. The summed E-state index contributed by atoms with van der Waals surface area (Å²) < 4.78 is 11.0. The molecule has 21 nitrogen and oxygen atoms in total. The summed E-state index contributed by atoms with van der Waals surface area (Å²) >= 11 is 2.15. The number of aromatic nitrogens is 6. The van der Waals surface area contributed by atoms with E-state index in [2.05, 4.69) is 130 Å². The predicted octanol–water partition coefficient (Wildman–Crippen LogP) is 19.8. The van der Waals surface area contributed by atoms with Crippen molar-refractivity contribution in [2.24, 2.45) is 11.8 Å². The molecule has 4 aliphatic heterocycles. The number of imidazole rings is 3. The molecule has 7 heterocycles. The number of rotatable bonds is 10. The minimum atomic E-state index is -0.847. The number of ether oxygens (including phenoxy) is 2. The first-order chi connectivity index (χ1) is 54.1. The number of carboxylic acid groups (broad SMARTS) is 2. The molecule has 11 aromatic rings. The average Bonchev–Trinajstić information content (AvgIpc) is 1.73. The summed E-state index contributed by atoms with van der Waals surface area (Å²) in [4.78, 5) is 90.3. The number of benzene rings is 8. The van der Waals surface area contributed by atoms with Gasteiger partial charge in [-0.15, -0.1) is 0 Å². The highest BCUT2D eigenvalue weighted by Gasteiger charge is 2.37. The van der Waals surface area contributed by atoms with Gasteiger partial charge in [0.1, 0.15) is 28.7 Å². The van der Waals surface area contributed by atoms with Gasteiger partial charge in [-0.1, -0.05) is 140 Å². The third-order valence-electron chi connectivity index (χ3n) is 20.9. The quantitative estimate of drug-likeness (QED) is 0.0359. The van der Waals surface area contributed by atoms with Crippen molar-refractivity contribution in [3.05, 3.63) is 232 Å². The number of fused-ring (bicyclic) bond motifs is 7. The lowest BCUT2D eigenvalue weighted by Crippen LogP contribution is -2.39. The molecule has 3 aromatic heterocycles. The minimum absolute atomic E-state index is 0.0185. The van der Waals surface area contributed by atoms with E-state index in [1.54, 1.807) is 34.9 Å². The Hall–Kier alpha value is -10.8. The van der Waals surface area contributed by atoms with Gasteiger partial charge in [-0.25, -0.2) is 24.5 Å². The molecule has 113 heavy (non-hydrogen) atoms. The lowest BCUT2D eigenvalue weighted by atomic mass is 9.93. The molecule has 594 valence electrons. The average molecular weight is 1640 g/mol. The summed E-state index contributed by atoms with van der Waals surface area (Å²) in [6.07, 6.45) is 11.4. The van der Waals surface area contributed by atoms with Gasteiger partial charge < -0.3 is 56.3 Å². The van der Waals surface area contributed by atoms with Crippen molar-refractivity contribution < 1.29 is 43.7 Å². The maximum atomic E-state index is 12.6. The van der Waals surface area contributed by atoms with Crippen molar-refractivity contribution in [3.63, 3.8) is 0 Å². The summed E-state index contributed by atoms with van der Waals surface area (Å²) in [7, 11) is 0. The van der Waals surface area contributed by atoms with Gasteiger partial charge in [-0.05, 0) is 248 Å². The van der Waals surface area contributed by atoms with Crippen molar-refractivity contribution in [2.75, 3.05) is 62.6 Å². The van der Waals surface area contributed by atoms with E-state index in [9.17, 15) is 24.0 Å². The number of aliphatic carboxylic acids is 2. The van der Waals surface area contributed by atoms with Crippen LogP contribution in [0.1, 0.15) is 206 Å². The van der Waals surface area contributed by atoms with Crippen molar-refractivity contribution in [3.8, 4) is 0 Å². The fourth-order valence-electron chi connectivity index (χ4n) is 14.2. The summed E-state index contributed by atoms with van der Waals surface area (Å²) in [5, 5.41) is 20.6. The van der Waals surface area contributed by atoms with Gasteiger partial charge in [-0.2, -0.15) is 0 Å². The van der Waals surface area contributed by atoms with Crippen LogP contribution in [0.5, 0.6) is 0 Å². The molecule has 17 rings (SSSR count). The Morgan fingerprint density at radius 3 is 1.16 bits per heavy atom. The highest BCUT2D eigenvalue weighted by molar-refractivity contribution is 14.1. The molecule has 2 aliphatic carbocycles. The Morgan fingerprint density at radius 2 is 0.796 bits per heavy atom. The second-order valence-electron chi connectivity index (χ2n) is 31.8. The van der Waals surface area contributed by atoms with Crippen LogP contribution in [0.4, 0.5) is 43.7 Å². The van der Waals surface area contributed by atoms with Crippen molar-refractivity contribution in [1.29, 1.82) is 0 Å². The van der Waals surface area contributed by atoms with Gasteiger partial charge in [0.15, 0.2) is 0 Å². The maximum absolute atomic E-state index is 12.6. The van der Waals surface area contributed by atoms with Gasteiger partial charge in [0.25, 0.3) is 0 Å². The molecule has 10 N–H and O–H groups in total. The monoisotopic (exact) mass is 1640 g/mol. The Bertz CT molecular complexity index is 5020. The van der Waals surface area contributed by atoms with Crippen LogP contribution >= 0.6 is 22.6 Å². The molecular weight excluding hydrogens is 1530 g/mol. The van der Waals surface area contributed by atoms with Crippen LogP contribution in [0.25, 0.3) is 33.1 Å². The molecule has 6 aliphatic rings. The number of alkyl halides is 1. The van der Waals surface area contributed by atoms with Crippen LogP contribution < -0.4 is 31.5 Å². The van der Waals surface area contributed by atoms with Crippen molar-refractivity contribution >= 4 is 120 Å². The third kappa shape index (κ3) is 21.7. The number of hydrogen-bond acceptors (Lipinski definition) is 13. The Morgan fingerprint density at radius 1 is 0.451 bits per heavy atom. The number of nitrogen functional groups attached to an aromatic ring is 2. The molecule has 3 amide bonds. The molecule has 2 fully saturated rings. The van der Waals surface area contributed by atoms with Gasteiger partial charge in [0.2, 0.25) is 5.91 Å². The number of H-pyrrole nitrogens is 3. The topological polar surface area (TPSA) is 304 Å². The first kappa shape index (κ1) is 83.2. The maximum Gasteiger partial charge on any atom is 0.414 e. The van der Waals surface area contributed by atoms with Gasteiger partial charge in [-0.3, -0.25) is 24.2 Å². The Kier molecular flexibility index (Phi) is 27.4. The van der Waals surface area contributed by atoms with Crippen molar-refractivity contribution in [1.82, 2.24) is 29.9 Å². The second kappa shape index (κ2) is 37.3. The zero-order valence-electron chi connectivity index (χ0n) is 66.9. The van der Waals surface area contributed by atoms with Crippen LogP contribution in [0.3, 0.4) is 0 Å². The van der Waals surface area contributed by atoms with E-state index < -0.39 is 29.1 Å². The second-order valence-corrected chi connectivity index (χ2v) is 31.8. The smallest absolute Gasteiger partial charge is 0.414 e. The Balaban J connectivity index is 0.000000140. The van der Waals surface area contributed by atoms with E-state index in [1.165, 1.54) is 51.9 Å². The zero-order valence-corrected chi connectivity index (χ0v) is 69.1. The van der Waals surface area contributed by atoms with Crippen LogP contribution in [0.15, 0.2) is 170 Å². The first-order valence-corrected chi connectivity index (χ1v) is 41.6. The first-order valence-electron chi connectivity index (χ1n) is 39.5. The Labute approximate surface area is 676 Å². The molecule has 0 radical (unpaired) electrons. The van der Waals surface area contributed by atoms with Crippen LogP contribution in [-0.2, 0) is 49.5 Å². The molecule has 4 atom stereocenters. The molecule has 0 spiro atoms. The van der Waals surface area contributed by atoms with E-state index in [0.29, 0.717) is 30.4 Å². The lowest BCUT2D eigenvalue weighted by molar-refractivity contribution is -0.139. The number of aromatic amines is 3. The number of anilines is 6. The largest absolute Gasteiger partial charge is 0.481 e. The number of para-hydroxylation sites is 8. The number of nitrogens with two attached hydrogens (primary N) is 2. The molecule has 0 bridgehead atoms. The van der Waals surface area contributed by atoms with E-state index in [4.69, 9.17) is 46.1 Å². The fourth-order valence-corrected chi connectivity index (χ4v) is 14.2. The lowest BCUT2D eigenvalue weighted by Gasteiger charge is -2.32. The van der Waals surface area contributed by atoms with E-state index in [-0.39, 0.29) is 41.8 Å². The normalized spacial score (nSPS) is 15.7. The minimum Gasteiger partial charge on any atom is -0.481 e. The van der Waals surface area contributed by atoms with E-state index in [0.717, 1.165) is 156 Å². The number of nitrogens with zero attached hydrogens (tertiary/aromatic N) is 6. The van der Waals surface area contributed by atoms with E-state index in [1.807, 2.05) is 136 Å². The molecule has 8 aromatic carbocycles. The summed E-state index contributed by atoms with van der Waals surface area (Å²) in [5.41, 5.74) is 31.0. The number of nitrogens with one attached hydrogen (secondary N) is 4. The van der Waals surface area contributed by atoms with Crippen LogP contribution in [-0.4, -0.2) is 112 Å². The van der Waals surface area contributed by atoms with Crippen LogP contribution in [0.2, 0.25) is 0 Å². The standard InChI is InChI=1S/C23H27N3O2.C22H23N3O.C18H19N3.C17H23NO4.C6H8N2.C4H6O2.CH3I/c1-15(21-24-18-9-5-6-10-19(18)25-21)16-11-12-20-17(14-16)8-7-13-26(20)22(27)28-23(2,3)4;1-14(21-23-18-6-2-3-7-19(18)24-21)16-10-11-20-17(13-16)5-4-12-25(20)22(26)15-8-9-15;1-12(18-20-16-6-2-3-7-17(16)21-18)13-8-9-15-14(11-13)5-4-10-19-15;1-11(15(19)20)12-7-8-14-13(10-12)6-5-9-18(14)16(21)22-17(2,3)4;7-5-3-1-2-4-6(5)8;5-4(6)3-1-2-3;1-2/h5-6,9-12,14-15H,7-8,13H2,1-4H3,(H,24,25);2-3,6-7,10-11,13-15H,4-5,8-9,12H2,1H3,(H,23,24);2-3,6-9,11-12,19H,4-5,10H2,1H3,(H,20,21);7-8,10-11H,5-6,9H2,1-4H3,(H,19,20);1-4H,7-8H2;3H,1-2H2,(H,5,6);1H3. The number of carbonyl (C=O) groups is 5. The summed E-state index contributed by atoms with van der Waals surface area (Å²) in [6.45, 7) is 22.7. The predicted molar refractivity (Wildman–Crippen MR) is 462 cm³/mol. The van der Waals surface area contributed by atoms with Gasteiger partial charge in [0.05, 0.1) is 67.7 Å². The van der Waals surface area contributed by atoms with Crippen LogP contribution in [0, 0.1) is 11.8 Å². The molecule has 0 saturated heterocycles. The number of amides is 3. The SMILES string of the molecule is CC(C(=O)O)c1ccc2c(c1)CCCN2C(=O)OC(C)(C)C.CC(c1ccc2c(c1)CCCN2)c1nc2ccccc2[nH]1.CC(c1ccc2c(c1)CCCN2C(=O)C1CC1)c1nc2ccccc2[nH]1.CC(c1ccc2c(c1)CCCN2C(=O)OC(C)(C)C)c1nc2ccccc2[nH]1.CI.Nc1ccccc1N.O=C(O)C1CC1.